The largest absolute Gasteiger partial charge is 0.348 e. The summed E-state index contributed by atoms with van der Waals surface area (Å²) in [7, 11) is 0. The van der Waals surface area contributed by atoms with Crippen LogP contribution in [0.25, 0.3) is 11.1 Å². The second-order valence-electron chi connectivity index (χ2n) is 16.7. The monoisotopic (exact) mass is 763 g/mol. The standard InChI is InChI=1S/C54H86N2/c1-5-9-13-15-16-17-18-19-20-21-22-23-24-25-26-27-28-29-30-31-32-33-37-48-43-45-50(46-44-48)54(52-42-36-35-40-49(52)39-34-14-10-6-2)53(41-12-8-4)51(47-56-55)38-11-7-3/h6,10,35-36,40,42-46H,5,7-9,11-34,37-39,41H2,1-4H3. The van der Waals surface area contributed by atoms with Crippen molar-refractivity contribution in [2.24, 2.45) is 0 Å². The highest BCUT2D eigenvalue weighted by Crippen LogP contribution is 2.37. The maximum atomic E-state index is 9.72. The van der Waals surface area contributed by atoms with E-state index >= 15 is 0 Å². The van der Waals surface area contributed by atoms with Gasteiger partial charge in [-0.25, -0.2) is 0 Å². The van der Waals surface area contributed by atoms with Crippen LogP contribution in [0.3, 0.4) is 0 Å². The van der Waals surface area contributed by atoms with Crippen LogP contribution in [0.1, 0.15) is 243 Å². The Morgan fingerprint density at radius 2 is 1.02 bits per heavy atom. The van der Waals surface area contributed by atoms with E-state index in [-0.39, 0.29) is 0 Å². The molecule has 2 nitrogen and oxygen atoms in total. The van der Waals surface area contributed by atoms with Crippen LogP contribution < -0.4 is 0 Å². The highest BCUT2D eigenvalue weighted by atomic mass is 14.8. The quantitative estimate of drug-likeness (QED) is 0.0166. The third-order valence-electron chi connectivity index (χ3n) is 11.8. The summed E-state index contributed by atoms with van der Waals surface area (Å²) in [5, 5.41) is 0. The summed E-state index contributed by atoms with van der Waals surface area (Å²) in [6.45, 7) is 8.90. The normalized spacial score (nSPS) is 11.9. The predicted octanol–water partition coefficient (Wildman–Crippen LogP) is 17.7. The van der Waals surface area contributed by atoms with E-state index in [9.17, 15) is 5.53 Å². The Balaban J connectivity index is 1.82. The molecule has 2 aromatic rings. The molecule has 0 N–H and O–H groups in total. The number of allylic oxidation sites excluding steroid dienone is 4. The Morgan fingerprint density at radius 1 is 0.536 bits per heavy atom. The topological polar surface area (TPSA) is 36.4 Å². The maximum Gasteiger partial charge on any atom is 0.303 e. The summed E-state index contributed by atoms with van der Waals surface area (Å²) in [6, 6.07) is 18.5. The smallest absolute Gasteiger partial charge is 0.303 e. The molecular weight excluding hydrogens is 677 g/mol. The lowest BCUT2D eigenvalue weighted by molar-refractivity contribution is 0.00739. The molecule has 0 bridgehead atoms. The highest BCUT2D eigenvalue weighted by molar-refractivity contribution is 5.88. The molecule has 0 unspecified atom stereocenters. The van der Waals surface area contributed by atoms with Gasteiger partial charge in [-0.1, -0.05) is 229 Å². The fourth-order valence-corrected chi connectivity index (χ4v) is 8.30. The van der Waals surface area contributed by atoms with Crippen molar-refractivity contribution in [3.63, 3.8) is 0 Å². The summed E-state index contributed by atoms with van der Waals surface area (Å²) in [6.07, 6.45) is 46.5. The van der Waals surface area contributed by atoms with E-state index in [4.69, 9.17) is 0 Å². The zero-order valence-corrected chi connectivity index (χ0v) is 37.3. The molecule has 312 valence electrons. The van der Waals surface area contributed by atoms with E-state index in [1.165, 1.54) is 175 Å². The minimum absolute atomic E-state index is 0.879. The number of hydrogen-bond donors (Lipinski definition) is 0. The molecule has 0 radical (unpaired) electrons. The molecule has 0 spiro atoms. The molecule has 0 aliphatic rings. The van der Waals surface area contributed by atoms with Crippen LogP contribution in [0.5, 0.6) is 0 Å². The Bertz CT molecular complexity index is 1380. The highest BCUT2D eigenvalue weighted by Gasteiger charge is 2.20. The van der Waals surface area contributed by atoms with Crippen molar-refractivity contribution >= 4 is 11.4 Å². The summed E-state index contributed by atoms with van der Waals surface area (Å²) in [5.74, 6) is 3.05. The minimum atomic E-state index is 0.879. The Hall–Kier alpha value is -2.92. The molecule has 0 aliphatic heterocycles. The van der Waals surface area contributed by atoms with E-state index in [0.717, 1.165) is 69.8 Å². The molecule has 0 saturated heterocycles. The Morgan fingerprint density at radius 3 is 1.52 bits per heavy atom. The van der Waals surface area contributed by atoms with Gasteiger partial charge >= 0.3 is 5.87 Å². The lowest BCUT2D eigenvalue weighted by Crippen LogP contribution is -2.04. The maximum absolute atomic E-state index is 9.72. The second kappa shape index (κ2) is 35.3. The molecule has 56 heavy (non-hydrogen) atoms. The first-order valence-corrected chi connectivity index (χ1v) is 24.2. The first-order chi connectivity index (χ1) is 27.7. The molecular formula is C54H86N2. The summed E-state index contributed by atoms with van der Waals surface area (Å²) < 4.78 is 0. The predicted molar refractivity (Wildman–Crippen MR) is 249 cm³/mol. The SMILES string of the molecule is CC=CCCCc1ccccc1C(=C(CCCC)C(=C=[N+]=[N-])CCCC)c1ccc(CCCCCCCCCCCCCCCCCCCCCCCC)cc1. The van der Waals surface area contributed by atoms with Gasteiger partial charge in [-0.15, -0.1) is 4.79 Å². The van der Waals surface area contributed by atoms with Gasteiger partial charge < -0.3 is 5.53 Å². The van der Waals surface area contributed by atoms with Crippen LogP contribution >= 0.6 is 0 Å². The number of aryl methyl sites for hydroxylation is 2. The van der Waals surface area contributed by atoms with Crippen molar-refractivity contribution in [2.45, 2.75) is 233 Å². The molecule has 2 heteroatoms. The molecule has 0 saturated carbocycles. The zero-order valence-electron chi connectivity index (χ0n) is 37.3. The number of nitrogens with zero attached hydrogens (tertiary/aromatic N) is 2. The van der Waals surface area contributed by atoms with Crippen LogP contribution in [0.2, 0.25) is 0 Å². The van der Waals surface area contributed by atoms with Crippen molar-refractivity contribution in [3.05, 3.63) is 99.6 Å². The molecule has 0 aromatic heterocycles. The van der Waals surface area contributed by atoms with Gasteiger partial charge in [-0.2, -0.15) is 0 Å². The lowest BCUT2D eigenvalue weighted by atomic mass is 9.83. The van der Waals surface area contributed by atoms with Gasteiger partial charge in [0.25, 0.3) is 0 Å². The van der Waals surface area contributed by atoms with Crippen LogP contribution in [-0.2, 0) is 12.8 Å². The van der Waals surface area contributed by atoms with E-state index in [0.29, 0.717) is 0 Å². The molecule has 0 fully saturated rings. The van der Waals surface area contributed by atoms with Crippen molar-refractivity contribution in [1.82, 2.24) is 0 Å². The minimum Gasteiger partial charge on any atom is -0.348 e. The van der Waals surface area contributed by atoms with E-state index in [1.807, 2.05) is 0 Å². The van der Waals surface area contributed by atoms with Gasteiger partial charge in [0.05, 0.1) is 5.57 Å². The third kappa shape index (κ3) is 22.7. The van der Waals surface area contributed by atoms with Crippen LogP contribution in [0.15, 0.2) is 71.8 Å². The van der Waals surface area contributed by atoms with Crippen LogP contribution in [-0.4, -0.2) is 10.7 Å². The first-order valence-electron chi connectivity index (χ1n) is 24.2. The third-order valence-corrected chi connectivity index (χ3v) is 11.8. The summed E-state index contributed by atoms with van der Waals surface area (Å²) in [4.78, 5) is 3.47. The van der Waals surface area contributed by atoms with Crippen molar-refractivity contribution in [3.8, 4) is 0 Å². The van der Waals surface area contributed by atoms with Gasteiger partial charge in [-0.05, 0) is 98.1 Å². The fourth-order valence-electron chi connectivity index (χ4n) is 8.30. The lowest BCUT2D eigenvalue weighted by Gasteiger charge is -2.20. The van der Waals surface area contributed by atoms with Crippen molar-refractivity contribution in [1.29, 1.82) is 0 Å². The molecule has 0 amide bonds. The summed E-state index contributed by atoms with van der Waals surface area (Å²) >= 11 is 0. The van der Waals surface area contributed by atoms with E-state index < -0.39 is 0 Å². The average molecular weight is 763 g/mol. The van der Waals surface area contributed by atoms with Gasteiger partial charge in [0.15, 0.2) is 0 Å². The van der Waals surface area contributed by atoms with Crippen LogP contribution in [0, 0.1) is 0 Å². The fraction of sp³-hybridized carbons (Fsp3) is 0.667. The van der Waals surface area contributed by atoms with Crippen molar-refractivity contribution < 1.29 is 4.79 Å². The Labute approximate surface area is 347 Å². The van der Waals surface area contributed by atoms with Crippen molar-refractivity contribution in [2.75, 3.05) is 0 Å². The van der Waals surface area contributed by atoms with E-state index in [2.05, 4.69) is 99.0 Å². The summed E-state index contributed by atoms with van der Waals surface area (Å²) in [5.41, 5.74) is 18.8. The number of benzene rings is 2. The average Bonchev–Trinajstić information content (AvgIpc) is 3.22. The van der Waals surface area contributed by atoms with Gasteiger partial charge in [0.2, 0.25) is 0 Å². The number of unbranched alkanes of at least 4 members (excludes halogenated alkanes) is 24. The molecule has 0 atom stereocenters. The number of rotatable bonds is 36. The second-order valence-corrected chi connectivity index (χ2v) is 16.7. The zero-order chi connectivity index (χ0) is 40.2. The molecule has 0 heterocycles. The van der Waals surface area contributed by atoms with E-state index in [1.54, 1.807) is 0 Å². The number of hydrogen-bond acceptors (Lipinski definition) is 0. The van der Waals surface area contributed by atoms with Gasteiger partial charge in [-0.3, -0.25) is 0 Å². The van der Waals surface area contributed by atoms with Crippen LogP contribution in [0.4, 0.5) is 0 Å². The molecule has 0 aliphatic carbocycles. The van der Waals surface area contributed by atoms with Gasteiger partial charge in [0.1, 0.15) is 0 Å². The van der Waals surface area contributed by atoms with Gasteiger partial charge in [0, 0.05) is 0 Å². The molecule has 2 aromatic carbocycles. The Kier molecular flexibility index (Phi) is 31.0. The first kappa shape index (κ1) is 49.2. The molecule has 2 rings (SSSR count).